The Morgan fingerprint density at radius 2 is 2.05 bits per heavy atom. The van der Waals surface area contributed by atoms with Crippen LogP contribution in [0.4, 0.5) is 5.69 Å². The molecule has 2 aromatic rings. The topological polar surface area (TPSA) is 33.0 Å². The highest BCUT2D eigenvalue weighted by Gasteiger charge is 2.26. The smallest absolute Gasteiger partial charge is 0.174 e. The van der Waals surface area contributed by atoms with Crippen molar-refractivity contribution in [2.75, 3.05) is 5.32 Å². The van der Waals surface area contributed by atoms with Crippen LogP contribution in [0.1, 0.15) is 54.6 Å². The number of Topliss-reactive ketones (excluding diaryl/α,β-unsaturated/α-hetero) is 1. The fourth-order valence-corrected chi connectivity index (χ4v) is 3.02. The molecule has 0 spiro atoms. The van der Waals surface area contributed by atoms with E-state index in [1.807, 2.05) is 24.3 Å². The van der Waals surface area contributed by atoms with Crippen LogP contribution in [0.15, 0.2) is 48.8 Å². The van der Waals surface area contributed by atoms with E-state index in [2.05, 4.69) is 41.3 Å². The van der Waals surface area contributed by atoms with Gasteiger partial charge in [0.15, 0.2) is 18.2 Å². The molecule has 0 saturated heterocycles. The SMILES string of the molecule is CCCCC[n+]1cccc(C2CC(=O)c3ccccc3N2)c1. The molecule has 0 bridgehead atoms. The number of anilines is 1. The number of benzene rings is 1. The number of fused-ring (bicyclic) bond motifs is 1. The molecule has 0 amide bonds. The van der Waals surface area contributed by atoms with Crippen molar-refractivity contribution in [3.05, 3.63) is 59.9 Å². The maximum absolute atomic E-state index is 12.3. The van der Waals surface area contributed by atoms with Gasteiger partial charge in [-0.05, 0) is 24.6 Å². The highest BCUT2D eigenvalue weighted by Crippen LogP contribution is 2.31. The minimum atomic E-state index is 0.0704. The van der Waals surface area contributed by atoms with Crippen molar-refractivity contribution in [1.82, 2.24) is 0 Å². The van der Waals surface area contributed by atoms with Crippen molar-refractivity contribution < 1.29 is 9.36 Å². The summed E-state index contributed by atoms with van der Waals surface area (Å²) >= 11 is 0. The Hall–Kier alpha value is -2.16. The van der Waals surface area contributed by atoms with Gasteiger partial charge < -0.3 is 5.32 Å². The molecule has 0 saturated carbocycles. The molecular weight excluding hydrogens is 272 g/mol. The number of carbonyl (C=O) groups is 1. The number of aromatic nitrogens is 1. The van der Waals surface area contributed by atoms with Crippen molar-refractivity contribution >= 4 is 11.5 Å². The van der Waals surface area contributed by atoms with E-state index in [-0.39, 0.29) is 11.8 Å². The van der Waals surface area contributed by atoms with Crippen molar-refractivity contribution in [1.29, 1.82) is 0 Å². The number of hydrogen-bond acceptors (Lipinski definition) is 2. The van der Waals surface area contributed by atoms with E-state index in [1.54, 1.807) is 0 Å². The first-order valence-corrected chi connectivity index (χ1v) is 8.15. The third-order valence-electron chi connectivity index (χ3n) is 4.25. The summed E-state index contributed by atoms with van der Waals surface area (Å²) in [6.45, 7) is 3.26. The van der Waals surface area contributed by atoms with Crippen molar-refractivity contribution in [2.24, 2.45) is 0 Å². The Kier molecular flexibility index (Phi) is 4.52. The molecule has 114 valence electrons. The number of nitrogens with one attached hydrogen (secondary N) is 1. The van der Waals surface area contributed by atoms with Gasteiger partial charge in [0.25, 0.3) is 0 Å². The van der Waals surface area contributed by atoms with E-state index in [1.165, 1.54) is 24.8 Å². The molecule has 0 radical (unpaired) electrons. The first-order valence-electron chi connectivity index (χ1n) is 8.15. The van der Waals surface area contributed by atoms with E-state index in [0.717, 1.165) is 17.8 Å². The summed E-state index contributed by atoms with van der Waals surface area (Å²) in [7, 11) is 0. The number of rotatable bonds is 5. The molecule has 1 aliphatic heterocycles. The molecule has 1 N–H and O–H groups in total. The second-order valence-corrected chi connectivity index (χ2v) is 5.95. The van der Waals surface area contributed by atoms with Crippen LogP contribution in [0.3, 0.4) is 0 Å². The molecule has 2 heterocycles. The number of aryl methyl sites for hydroxylation is 1. The third kappa shape index (κ3) is 3.19. The van der Waals surface area contributed by atoms with E-state index >= 15 is 0 Å². The Bertz CT molecular complexity index is 666. The zero-order valence-electron chi connectivity index (χ0n) is 13.1. The van der Waals surface area contributed by atoms with Gasteiger partial charge in [0.1, 0.15) is 6.54 Å². The molecule has 0 aliphatic carbocycles. The number of pyridine rings is 1. The van der Waals surface area contributed by atoms with Crippen LogP contribution in [0.25, 0.3) is 0 Å². The number of ketones is 1. The van der Waals surface area contributed by atoms with Crippen LogP contribution >= 0.6 is 0 Å². The zero-order chi connectivity index (χ0) is 15.4. The van der Waals surface area contributed by atoms with Crippen LogP contribution in [0, 0.1) is 0 Å². The third-order valence-corrected chi connectivity index (χ3v) is 4.25. The molecular formula is C19H23N2O+. The summed E-state index contributed by atoms with van der Waals surface area (Å²) in [6, 6.07) is 12.0. The number of hydrogen-bond donors (Lipinski definition) is 1. The number of carbonyl (C=O) groups excluding carboxylic acids is 1. The number of unbranched alkanes of at least 4 members (excludes halogenated alkanes) is 2. The summed E-state index contributed by atoms with van der Waals surface area (Å²) in [4.78, 5) is 12.3. The standard InChI is InChI=1S/C19H22N2O/c1-2-3-6-11-21-12-7-8-15(14-21)18-13-19(22)16-9-4-5-10-17(16)20-18/h4-5,7-10,12,14,18H,2-3,6,11,13H2,1H3/p+1. The van der Waals surface area contributed by atoms with Crippen molar-refractivity contribution in [3.63, 3.8) is 0 Å². The molecule has 1 aromatic carbocycles. The van der Waals surface area contributed by atoms with Gasteiger partial charge in [-0.25, -0.2) is 4.57 Å². The predicted molar refractivity (Wildman–Crippen MR) is 87.9 cm³/mol. The highest BCUT2D eigenvalue weighted by molar-refractivity contribution is 6.03. The van der Waals surface area contributed by atoms with E-state index in [4.69, 9.17) is 0 Å². The summed E-state index contributed by atoms with van der Waals surface area (Å²) < 4.78 is 2.23. The zero-order valence-corrected chi connectivity index (χ0v) is 13.1. The molecule has 1 aliphatic rings. The fraction of sp³-hybridized carbons (Fsp3) is 0.368. The van der Waals surface area contributed by atoms with Crippen LogP contribution in [-0.2, 0) is 6.54 Å². The largest absolute Gasteiger partial charge is 0.377 e. The number of para-hydroxylation sites is 1. The summed E-state index contributed by atoms with van der Waals surface area (Å²) in [6.07, 6.45) is 8.49. The van der Waals surface area contributed by atoms with Gasteiger partial charge in [-0.15, -0.1) is 0 Å². The molecule has 1 unspecified atom stereocenters. The molecule has 0 fully saturated rings. The minimum Gasteiger partial charge on any atom is -0.377 e. The van der Waals surface area contributed by atoms with Gasteiger partial charge in [0, 0.05) is 35.7 Å². The predicted octanol–water partition coefficient (Wildman–Crippen LogP) is 3.90. The van der Waals surface area contributed by atoms with Crippen LogP contribution < -0.4 is 9.88 Å². The van der Waals surface area contributed by atoms with Crippen molar-refractivity contribution in [2.45, 2.75) is 45.2 Å². The quantitative estimate of drug-likeness (QED) is 0.670. The fourth-order valence-electron chi connectivity index (χ4n) is 3.02. The van der Waals surface area contributed by atoms with Crippen LogP contribution in [0.5, 0.6) is 0 Å². The Morgan fingerprint density at radius 1 is 1.18 bits per heavy atom. The lowest BCUT2D eigenvalue weighted by Gasteiger charge is -2.25. The lowest BCUT2D eigenvalue weighted by molar-refractivity contribution is -0.697. The Labute approximate surface area is 132 Å². The summed E-state index contributed by atoms with van der Waals surface area (Å²) in [5.74, 6) is 0.223. The van der Waals surface area contributed by atoms with Crippen LogP contribution in [0.2, 0.25) is 0 Å². The molecule has 1 aromatic heterocycles. The molecule has 3 rings (SSSR count). The average Bonchev–Trinajstić information content (AvgIpc) is 2.55. The van der Waals surface area contributed by atoms with Gasteiger partial charge in [-0.2, -0.15) is 0 Å². The molecule has 3 heteroatoms. The van der Waals surface area contributed by atoms with Gasteiger partial charge in [-0.3, -0.25) is 4.79 Å². The molecule has 1 atom stereocenters. The summed E-state index contributed by atoms with van der Waals surface area (Å²) in [5.41, 5.74) is 2.94. The first kappa shape index (κ1) is 14.8. The summed E-state index contributed by atoms with van der Waals surface area (Å²) in [5, 5.41) is 3.50. The second-order valence-electron chi connectivity index (χ2n) is 5.95. The van der Waals surface area contributed by atoms with E-state index in [0.29, 0.717) is 6.42 Å². The average molecular weight is 295 g/mol. The van der Waals surface area contributed by atoms with E-state index < -0.39 is 0 Å². The van der Waals surface area contributed by atoms with Crippen LogP contribution in [-0.4, -0.2) is 5.78 Å². The van der Waals surface area contributed by atoms with Gasteiger partial charge in [0.05, 0.1) is 6.04 Å². The maximum Gasteiger partial charge on any atom is 0.174 e. The highest BCUT2D eigenvalue weighted by atomic mass is 16.1. The van der Waals surface area contributed by atoms with Gasteiger partial charge in [-0.1, -0.05) is 25.5 Å². The van der Waals surface area contributed by atoms with Gasteiger partial charge in [0.2, 0.25) is 0 Å². The van der Waals surface area contributed by atoms with Crippen molar-refractivity contribution in [3.8, 4) is 0 Å². The maximum atomic E-state index is 12.3. The van der Waals surface area contributed by atoms with Gasteiger partial charge >= 0.3 is 0 Å². The first-order chi connectivity index (χ1) is 10.8. The molecule has 3 nitrogen and oxygen atoms in total. The minimum absolute atomic E-state index is 0.0704. The lowest BCUT2D eigenvalue weighted by Crippen LogP contribution is -2.34. The van der Waals surface area contributed by atoms with E-state index in [9.17, 15) is 4.79 Å². The monoisotopic (exact) mass is 295 g/mol. The normalized spacial score (nSPS) is 17.0. The number of nitrogens with zero attached hydrogens (tertiary/aromatic N) is 1. The lowest BCUT2D eigenvalue weighted by atomic mass is 9.93. The molecule has 22 heavy (non-hydrogen) atoms. The second kappa shape index (κ2) is 6.73. The Balaban J connectivity index is 1.78. The Morgan fingerprint density at radius 3 is 2.91 bits per heavy atom.